The number of piperidine rings is 1. The Hall–Kier alpha value is -0.0800. The summed E-state index contributed by atoms with van der Waals surface area (Å²) < 4.78 is 0. The molecule has 92 valence electrons. The zero-order valence-electron chi connectivity index (χ0n) is 10.8. The first-order valence-electron chi connectivity index (χ1n) is 7.13. The Balaban J connectivity index is 1.45. The minimum atomic E-state index is 0.778. The number of hydrogen-bond donors (Lipinski definition) is 1. The molecule has 0 radical (unpaired) electrons. The van der Waals surface area contributed by atoms with Crippen molar-refractivity contribution in [1.82, 2.24) is 10.2 Å². The van der Waals surface area contributed by atoms with Gasteiger partial charge in [-0.1, -0.05) is 13.8 Å². The first-order valence-corrected chi connectivity index (χ1v) is 7.13. The van der Waals surface area contributed by atoms with Gasteiger partial charge in [0.1, 0.15) is 0 Å². The predicted molar refractivity (Wildman–Crippen MR) is 67.5 cm³/mol. The lowest BCUT2D eigenvalue weighted by Crippen LogP contribution is -2.66. The summed E-state index contributed by atoms with van der Waals surface area (Å²) in [6.45, 7) is 10.1. The van der Waals surface area contributed by atoms with Gasteiger partial charge in [-0.2, -0.15) is 0 Å². The fraction of sp³-hybridized carbons (Fsp3) is 1.00. The van der Waals surface area contributed by atoms with E-state index in [-0.39, 0.29) is 0 Å². The van der Waals surface area contributed by atoms with Crippen LogP contribution in [0.15, 0.2) is 0 Å². The van der Waals surface area contributed by atoms with Crippen molar-refractivity contribution in [3.05, 3.63) is 0 Å². The van der Waals surface area contributed by atoms with Crippen molar-refractivity contribution in [3.8, 4) is 0 Å². The Labute approximate surface area is 99.8 Å². The highest BCUT2D eigenvalue weighted by Crippen LogP contribution is 2.54. The summed E-state index contributed by atoms with van der Waals surface area (Å²) in [6.07, 6.45) is 5.80. The van der Waals surface area contributed by atoms with Crippen LogP contribution >= 0.6 is 0 Å². The second-order valence-corrected chi connectivity index (χ2v) is 6.80. The molecule has 0 aromatic carbocycles. The maximum Gasteiger partial charge on any atom is 0.0120 e. The molecule has 2 heteroatoms. The van der Waals surface area contributed by atoms with E-state index in [9.17, 15) is 0 Å². The van der Waals surface area contributed by atoms with E-state index >= 15 is 0 Å². The molecule has 1 spiro atoms. The third-order valence-electron chi connectivity index (χ3n) is 5.24. The summed E-state index contributed by atoms with van der Waals surface area (Å²) in [5.41, 5.74) is 0.778. The molecule has 3 rings (SSSR count). The molecule has 0 amide bonds. The molecule has 2 heterocycles. The van der Waals surface area contributed by atoms with Gasteiger partial charge in [0.25, 0.3) is 0 Å². The van der Waals surface area contributed by atoms with Crippen molar-refractivity contribution in [3.63, 3.8) is 0 Å². The zero-order chi connectivity index (χ0) is 11.2. The summed E-state index contributed by atoms with van der Waals surface area (Å²) in [6, 6.07) is 0.907. The maximum atomic E-state index is 3.46. The molecule has 0 aromatic heterocycles. The Morgan fingerprint density at radius 2 is 1.75 bits per heavy atom. The van der Waals surface area contributed by atoms with Gasteiger partial charge >= 0.3 is 0 Å². The molecule has 1 N–H and O–H groups in total. The molecule has 0 bridgehead atoms. The van der Waals surface area contributed by atoms with Gasteiger partial charge in [-0.15, -0.1) is 0 Å². The van der Waals surface area contributed by atoms with E-state index in [1.54, 1.807) is 0 Å². The quantitative estimate of drug-likeness (QED) is 0.770. The van der Waals surface area contributed by atoms with Crippen molar-refractivity contribution >= 4 is 0 Å². The number of nitrogens with one attached hydrogen (secondary N) is 1. The fourth-order valence-corrected chi connectivity index (χ4v) is 4.03. The molecule has 3 fully saturated rings. The van der Waals surface area contributed by atoms with E-state index in [1.165, 1.54) is 51.9 Å². The van der Waals surface area contributed by atoms with E-state index in [4.69, 9.17) is 0 Å². The van der Waals surface area contributed by atoms with Crippen LogP contribution in [-0.4, -0.2) is 37.1 Å². The van der Waals surface area contributed by atoms with Crippen LogP contribution in [0.3, 0.4) is 0 Å². The average Bonchev–Trinajstić information content (AvgIpc) is 2.14. The lowest BCUT2D eigenvalue weighted by Gasteiger charge is -2.62. The summed E-state index contributed by atoms with van der Waals surface area (Å²) in [5.74, 6) is 1.95. The molecule has 0 atom stereocenters. The van der Waals surface area contributed by atoms with Crippen LogP contribution in [0.25, 0.3) is 0 Å². The first kappa shape index (κ1) is 11.0. The zero-order valence-corrected chi connectivity index (χ0v) is 10.8. The van der Waals surface area contributed by atoms with Gasteiger partial charge in [0.05, 0.1) is 0 Å². The van der Waals surface area contributed by atoms with E-state index in [0.717, 1.165) is 23.3 Å². The normalized spacial score (nSPS) is 31.7. The van der Waals surface area contributed by atoms with Crippen LogP contribution in [0, 0.1) is 17.3 Å². The number of likely N-dealkylation sites (tertiary alicyclic amines) is 1. The fourth-order valence-electron chi connectivity index (χ4n) is 4.03. The van der Waals surface area contributed by atoms with Gasteiger partial charge < -0.3 is 5.32 Å². The van der Waals surface area contributed by atoms with Crippen molar-refractivity contribution in [2.45, 2.75) is 45.6 Å². The Kier molecular flexibility index (Phi) is 2.75. The van der Waals surface area contributed by atoms with Crippen molar-refractivity contribution in [2.75, 3.05) is 26.2 Å². The number of nitrogens with zero attached hydrogens (tertiary/aromatic N) is 1. The minimum absolute atomic E-state index is 0.778. The highest BCUT2D eigenvalue weighted by molar-refractivity contribution is 5.06. The molecule has 1 aliphatic carbocycles. The smallest absolute Gasteiger partial charge is 0.0120 e. The topological polar surface area (TPSA) is 15.3 Å². The average molecular weight is 222 g/mol. The Morgan fingerprint density at radius 3 is 2.31 bits per heavy atom. The highest BCUT2D eigenvalue weighted by atomic mass is 15.2. The van der Waals surface area contributed by atoms with Gasteiger partial charge in [0.15, 0.2) is 0 Å². The molecule has 3 aliphatic rings. The van der Waals surface area contributed by atoms with E-state index < -0.39 is 0 Å². The second kappa shape index (κ2) is 3.99. The van der Waals surface area contributed by atoms with E-state index in [1.807, 2.05) is 0 Å². The van der Waals surface area contributed by atoms with Gasteiger partial charge in [0, 0.05) is 19.1 Å². The monoisotopic (exact) mass is 222 g/mol. The summed E-state index contributed by atoms with van der Waals surface area (Å²) >= 11 is 0. The number of hydrogen-bond acceptors (Lipinski definition) is 2. The summed E-state index contributed by atoms with van der Waals surface area (Å²) in [5, 5.41) is 3.46. The Bertz CT molecular complexity index is 241. The van der Waals surface area contributed by atoms with Gasteiger partial charge in [0.2, 0.25) is 0 Å². The van der Waals surface area contributed by atoms with Crippen LogP contribution < -0.4 is 5.32 Å². The molecule has 16 heavy (non-hydrogen) atoms. The summed E-state index contributed by atoms with van der Waals surface area (Å²) in [4.78, 5) is 2.76. The molecule has 0 aromatic rings. The van der Waals surface area contributed by atoms with Crippen LogP contribution in [0.5, 0.6) is 0 Å². The predicted octanol–water partition coefficient (Wildman–Crippen LogP) is 2.11. The molecule has 2 nitrogen and oxygen atoms in total. The first-order chi connectivity index (χ1) is 7.69. The SMILES string of the molecule is CC(C)C1CC2(C1)CN(C1CCNCC1)C2. The van der Waals surface area contributed by atoms with Crippen LogP contribution in [-0.2, 0) is 0 Å². The lowest BCUT2D eigenvalue weighted by atomic mass is 9.55. The molecule has 2 aliphatic heterocycles. The highest BCUT2D eigenvalue weighted by Gasteiger charge is 2.53. The lowest BCUT2D eigenvalue weighted by molar-refractivity contribution is -0.126. The molecule has 2 saturated heterocycles. The van der Waals surface area contributed by atoms with E-state index in [2.05, 4.69) is 24.1 Å². The van der Waals surface area contributed by atoms with Gasteiger partial charge in [-0.05, 0) is 56.0 Å². The van der Waals surface area contributed by atoms with Crippen LogP contribution in [0.1, 0.15) is 39.5 Å². The summed E-state index contributed by atoms with van der Waals surface area (Å²) in [7, 11) is 0. The number of rotatable bonds is 2. The van der Waals surface area contributed by atoms with E-state index in [0.29, 0.717) is 0 Å². The molecule has 0 unspecified atom stereocenters. The Morgan fingerprint density at radius 1 is 1.12 bits per heavy atom. The van der Waals surface area contributed by atoms with Gasteiger partial charge in [-0.25, -0.2) is 0 Å². The third-order valence-corrected chi connectivity index (χ3v) is 5.24. The van der Waals surface area contributed by atoms with Crippen molar-refractivity contribution in [1.29, 1.82) is 0 Å². The van der Waals surface area contributed by atoms with Crippen molar-refractivity contribution < 1.29 is 0 Å². The van der Waals surface area contributed by atoms with Crippen LogP contribution in [0.4, 0.5) is 0 Å². The minimum Gasteiger partial charge on any atom is -0.317 e. The third kappa shape index (κ3) is 1.80. The van der Waals surface area contributed by atoms with Crippen LogP contribution in [0.2, 0.25) is 0 Å². The van der Waals surface area contributed by atoms with Gasteiger partial charge in [-0.3, -0.25) is 4.90 Å². The largest absolute Gasteiger partial charge is 0.317 e. The van der Waals surface area contributed by atoms with Crippen molar-refractivity contribution in [2.24, 2.45) is 17.3 Å². The molecular formula is C14H26N2. The molecular weight excluding hydrogens is 196 g/mol. The second-order valence-electron chi connectivity index (χ2n) is 6.80. The molecule has 1 saturated carbocycles. The standard InChI is InChI=1S/C14H26N2/c1-11(2)12-7-14(8-12)9-16(10-14)13-3-5-15-6-4-13/h11-13,15H,3-10H2,1-2H3. The maximum absolute atomic E-state index is 3.46.